The summed E-state index contributed by atoms with van der Waals surface area (Å²) in [5.41, 5.74) is 1.28. The van der Waals surface area contributed by atoms with Crippen LogP contribution in [-0.4, -0.2) is 30.2 Å². The smallest absolute Gasteiger partial charge is 0.340 e. The lowest BCUT2D eigenvalue weighted by Crippen LogP contribution is -2.13. The van der Waals surface area contributed by atoms with Crippen LogP contribution in [0.2, 0.25) is 0 Å². The molecule has 1 aliphatic heterocycles. The van der Waals surface area contributed by atoms with Gasteiger partial charge in [-0.25, -0.2) is 4.79 Å². The summed E-state index contributed by atoms with van der Waals surface area (Å²) in [5.74, 6) is 0.572. The summed E-state index contributed by atoms with van der Waals surface area (Å²) >= 11 is 0. The molecule has 7 heteroatoms. The summed E-state index contributed by atoms with van der Waals surface area (Å²) in [5, 5.41) is 2.95. The molecule has 0 amide bonds. The average Bonchev–Trinajstić information content (AvgIpc) is 2.83. The number of nitrogens with zero attached hydrogens (tertiary/aromatic N) is 2. The highest BCUT2D eigenvalue weighted by molar-refractivity contribution is 5.94. The first kappa shape index (κ1) is 13.2. The Balaban J connectivity index is 1.90. The van der Waals surface area contributed by atoms with Crippen LogP contribution in [0.3, 0.4) is 0 Å². The molecule has 1 aromatic heterocycles. The molecule has 108 valence electrons. The van der Waals surface area contributed by atoms with Crippen molar-refractivity contribution < 1.29 is 19.0 Å². The molecule has 1 aliphatic rings. The van der Waals surface area contributed by atoms with Crippen molar-refractivity contribution in [2.45, 2.75) is 6.23 Å². The molecular weight excluding hydrogens is 274 g/mol. The lowest BCUT2D eigenvalue weighted by atomic mass is 10.1. The monoisotopic (exact) mass is 287 g/mol. The van der Waals surface area contributed by atoms with E-state index in [0.717, 1.165) is 5.56 Å². The van der Waals surface area contributed by atoms with Gasteiger partial charge in [0.15, 0.2) is 0 Å². The minimum atomic E-state index is -0.634. The summed E-state index contributed by atoms with van der Waals surface area (Å²) in [6.45, 7) is 0. The average molecular weight is 287 g/mol. The second-order valence-electron chi connectivity index (χ2n) is 4.29. The van der Waals surface area contributed by atoms with Crippen LogP contribution >= 0.6 is 0 Å². The quantitative estimate of drug-likeness (QED) is 0.858. The molecule has 7 nitrogen and oxygen atoms in total. The van der Waals surface area contributed by atoms with E-state index in [4.69, 9.17) is 14.2 Å². The molecule has 21 heavy (non-hydrogen) atoms. The maximum absolute atomic E-state index is 11.8. The van der Waals surface area contributed by atoms with E-state index in [2.05, 4.69) is 15.3 Å². The number of esters is 1. The Morgan fingerprint density at radius 1 is 1.14 bits per heavy atom. The molecule has 1 N–H and O–H groups in total. The van der Waals surface area contributed by atoms with Gasteiger partial charge in [-0.2, -0.15) is 9.97 Å². The summed E-state index contributed by atoms with van der Waals surface area (Å²) in [6, 6.07) is 8.71. The van der Waals surface area contributed by atoms with Gasteiger partial charge in [0.2, 0.25) is 23.9 Å². The van der Waals surface area contributed by atoms with E-state index in [1.165, 1.54) is 14.2 Å². The van der Waals surface area contributed by atoms with E-state index >= 15 is 0 Å². The van der Waals surface area contributed by atoms with E-state index in [-0.39, 0.29) is 11.9 Å². The van der Waals surface area contributed by atoms with Gasteiger partial charge in [0.1, 0.15) is 0 Å². The second kappa shape index (κ2) is 5.28. The van der Waals surface area contributed by atoms with Gasteiger partial charge in [-0.05, 0) is 6.07 Å². The van der Waals surface area contributed by atoms with Gasteiger partial charge < -0.3 is 19.5 Å². The predicted molar refractivity (Wildman–Crippen MR) is 73.4 cm³/mol. The molecule has 0 spiro atoms. The number of hydrogen-bond acceptors (Lipinski definition) is 7. The van der Waals surface area contributed by atoms with Crippen LogP contribution in [0.15, 0.2) is 30.3 Å². The molecule has 0 bridgehead atoms. The highest BCUT2D eigenvalue weighted by Gasteiger charge is 2.31. The number of methoxy groups -OCH3 is 2. The van der Waals surface area contributed by atoms with E-state index < -0.39 is 6.23 Å². The first-order chi connectivity index (χ1) is 10.2. The van der Waals surface area contributed by atoms with Gasteiger partial charge >= 0.3 is 5.97 Å². The Morgan fingerprint density at radius 3 is 2.48 bits per heavy atom. The van der Waals surface area contributed by atoms with Gasteiger partial charge in [-0.3, -0.25) is 0 Å². The van der Waals surface area contributed by atoms with E-state index in [1.807, 2.05) is 12.1 Å². The van der Waals surface area contributed by atoms with Crippen LogP contribution in [0, 0.1) is 0 Å². The maximum atomic E-state index is 11.8. The van der Waals surface area contributed by atoms with Crippen LogP contribution in [0.4, 0.5) is 5.95 Å². The molecule has 0 unspecified atom stereocenters. The fourth-order valence-corrected chi connectivity index (χ4v) is 2.05. The molecule has 3 rings (SSSR count). The minimum absolute atomic E-state index is 0.251. The molecule has 2 heterocycles. The SMILES string of the molecule is COc1cc(OC)nc(N[C@H]2OC(=O)c3ccccc32)n1. The van der Waals surface area contributed by atoms with Gasteiger partial charge in [-0.1, -0.05) is 18.2 Å². The van der Waals surface area contributed by atoms with Crippen LogP contribution < -0.4 is 14.8 Å². The van der Waals surface area contributed by atoms with Crippen LogP contribution in [-0.2, 0) is 4.74 Å². The zero-order valence-corrected chi connectivity index (χ0v) is 11.5. The zero-order valence-electron chi connectivity index (χ0n) is 11.5. The fourth-order valence-electron chi connectivity index (χ4n) is 2.05. The second-order valence-corrected chi connectivity index (χ2v) is 4.29. The third kappa shape index (κ3) is 2.45. The molecule has 0 saturated carbocycles. The van der Waals surface area contributed by atoms with Crippen molar-refractivity contribution in [3.63, 3.8) is 0 Å². The summed E-state index contributed by atoms with van der Waals surface area (Å²) in [4.78, 5) is 20.1. The number of nitrogens with one attached hydrogen (secondary N) is 1. The number of aromatic nitrogens is 2. The number of ether oxygens (including phenoxy) is 3. The Kier molecular flexibility index (Phi) is 3.31. The van der Waals surface area contributed by atoms with Crippen molar-refractivity contribution in [3.05, 3.63) is 41.5 Å². The molecule has 0 aliphatic carbocycles. The standard InChI is InChI=1S/C14H13N3O4/c1-19-10-7-11(20-2)16-14(15-10)17-12-8-5-3-4-6-9(8)13(18)21-12/h3-7,12H,1-2H3,(H,15,16,17)/t12-/m0/s1. The summed E-state index contributed by atoms with van der Waals surface area (Å²) in [6.07, 6.45) is -0.634. The fraction of sp³-hybridized carbons (Fsp3) is 0.214. The number of carbonyl (C=O) groups excluding carboxylic acids is 1. The lowest BCUT2D eigenvalue weighted by Gasteiger charge is -2.13. The van der Waals surface area contributed by atoms with Crippen molar-refractivity contribution in [3.8, 4) is 11.8 Å². The first-order valence-corrected chi connectivity index (χ1v) is 6.25. The van der Waals surface area contributed by atoms with Crippen LogP contribution in [0.25, 0.3) is 0 Å². The van der Waals surface area contributed by atoms with Crippen LogP contribution in [0.5, 0.6) is 11.8 Å². The summed E-state index contributed by atoms with van der Waals surface area (Å²) < 4.78 is 15.4. The highest BCUT2D eigenvalue weighted by atomic mass is 16.6. The molecule has 1 aromatic carbocycles. The third-order valence-electron chi connectivity index (χ3n) is 3.05. The Bertz CT molecular complexity index is 667. The Labute approximate surface area is 120 Å². The van der Waals surface area contributed by atoms with Crippen molar-refractivity contribution in [2.24, 2.45) is 0 Å². The highest BCUT2D eigenvalue weighted by Crippen LogP contribution is 2.31. The molecule has 0 fully saturated rings. The normalized spacial score (nSPS) is 16.1. The number of cyclic esters (lactones) is 1. The van der Waals surface area contributed by atoms with E-state index in [1.54, 1.807) is 18.2 Å². The van der Waals surface area contributed by atoms with Crippen molar-refractivity contribution >= 4 is 11.9 Å². The summed E-state index contributed by atoms with van der Waals surface area (Å²) in [7, 11) is 2.99. The van der Waals surface area contributed by atoms with Crippen molar-refractivity contribution in [1.82, 2.24) is 9.97 Å². The van der Waals surface area contributed by atoms with Crippen molar-refractivity contribution in [2.75, 3.05) is 19.5 Å². The number of carbonyl (C=O) groups is 1. The predicted octanol–water partition coefficient (Wildman–Crippen LogP) is 1.77. The molecule has 1 atom stereocenters. The number of hydrogen-bond donors (Lipinski definition) is 1. The molecular formula is C14H13N3O4. The molecule has 0 radical (unpaired) electrons. The third-order valence-corrected chi connectivity index (χ3v) is 3.05. The van der Waals surface area contributed by atoms with Gasteiger partial charge in [0.05, 0.1) is 25.8 Å². The number of anilines is 1. The van der Waals surface area contributed by atoms with Crippen molar-refractivity contribution in [1.29, 1.82) is 0 Å². The number of benzene rings is 1. The molecule has 0 saturated heterocycles. The van der Waals surface area contributed by atoms with Gasteiger partial charge in [-0.15, -0.1) is 0 Å². The first-order valence-electron chi connectivity index (χ1n) is 6.25. The molecule has 2 aromatic rings. The van der Waals surface area contributed by atoms with Gasteiger partial charge in [0, 0.05) is 5.56 Å². The lowest BCUT2D eigenvalue weighted by molar-refractivity contribution is 0.0436. The van der Waals surface area contributed by atoms with E-state index in [0.29, 0.717) is 17.3 Å². The van der Waals surface area contributed by atoms with E-state index in [9.17, 15) is 4.79 Å². The van der Waals surface area contributed by atoms with Gasteiger partial charge in [0.25, 0.3) is 0 Å². The number of fused-ring (bicyclic) bond motifs is 1. The topological polar surface area (TPSA) is 82.6 Å². The number of rotatable bonds is 4. The zero-order chi connectivity index (χ0) is 14.8. The Morgan fingerprint density at radius 2 is 1.81 bits per heavy atom. The minimum Gasteiger partial charge on any atom is -0.481 e. The van der Waals surface area contributed by atoms with Crippen LogP contribution in [0.1, 0.15) is 22.1 Å². The largest absolute Gasteiger partial charge is 0.481 e. The maximum Gasteiger partial charge on any atom is 0.340 e. The Hall–Kier alpha value is -2.83.